The average Bonchev–Trinajstić information content (AvgIpc) is 2.37. The van der Waals surface area contributed by atoms with Crippen molar-refractivity contribution in [1.29, 1.82) is 0 Å². The molecule has 19 heavy (non-hydrogen) atoms. The smallest absolute Gasteiger partial charge is 0.304 e. The Morgan fingerprint density at radius 1 is 1.11 bits per heavy atom. The van der Waals surface area contributed by atoms with Gasteiger partial charge >= 0.3 is 5.97 Å². The van der Waals surface area contributed by atoms with Crippen LogP contribution in [0.15, 0.2) is 42.5 Å². The normalized spacial score (nSPS) is 12.3. The molecule has 0 aliphatic rings. The maximum Gasteiger partial charge on any atom is 0.304 e. The Bertz CT molecular complexity index is 616. The van der Waals surface area contributed by atoms with Gasteiger partial charge in [0.1, 0.15) is 0 Å². The molecular weight excluding hydrogens is 260 g/mol. The van der Waals surface area contributed by atoms with Gasteiger partial charge < -0.3 is 5.11 Å². The SMILES string of the molecule is O=C(O)CC(Cc1cccc2ccccc12)C(=O)S. The van der Waals surface area contributed by atoms with Crippen molar-refractivity contribution in [3.8, 4) is 0 Å². The molecule has 4 heteroatoms. The van der Waals surface area contributed by atoms with Crippen LogP contribution in [-0.2, 0) is 16.0 Å². The highest BCUT2D eigenvalue weighted by atomic mass is 32.1. The van der Waals surface area contributed by atoms with Crippen LogP contribution in [-0.4, -0.2) is 16.2 Å². The third kappa shape index (κ3) is 3.35. The van der Waals surface area contributed by atoms with Crippen molar-refractivity contribution in [3.63, 3.8) is 0 Å². The largest absolute Gasteiger partial charge is 0.481 e. The van der Waals surface area contributed by atoms with Gasteiger partial charge in [0, 0.05) is 5.92 Å². The van der Waals surface area contributed by atoms with Crippen molar-refractivity contribution in [2.75, 3.05) is 0 Å². The first-order valence-electron chi connectivity index (χ1n) is 5.99. The Morgan fingerprint density at radius 2 is 1.79 bits per heavy atom. The van der Waals surface area contributed by atoms with Crippen molar-refractivity contribution in [2.45, 2.75) is 12.8 Å². The molecule has 2 rings (SSSR count). The van der Waals surface area contributed by atoms with Crippen LogP contribution in [0, 0.1) is 5.92 Å². The van der Waals surface area contributed by atoms with E-state index in [2.05, 4.69) is 12.6 Å². The van der Waals surface area contributed by atoms with E-state index >= 15 is 0 Å². The molecule has 98 valence electrons. The summed E-state index contributed by atoms with van der Waals surface area (Å²) in [5.74, 6) is -1.57. The zero-order valence-corrected chi connectivity index (χ0v) is 11.1. The lowest BCUT2D eigenvalue weighted by atomic mass is 9.93. The maximum absolute atomic E-state index is 11.4. The molecule has 0 saturated heterocycles. The van der Waals surface area contributed by atoms with Gasteiger partial charge in [0.2, 0.25) is 0 Å². The number of hydrogen-bond donors (Lipinski definition) is 2. The number of carbonyl (C=O) groups is 2. The Hall–Kier alpha value is -1.81. The molecule has 0 aliphatic carbocycles. The molecule has 3 nitrogen and oxygen atoms in total. The summed E-state index contributed by atoms with van der Waals surface area (Å²) in [6.07, 6.45) is 0.210. The van der Waals surface area contributed by atoms with Crippen molar-refractivity contribution in [2.24, 2.45) is 5.92 Å². The third-order valence-corrected chi connectivity index (χ3v) is 3.48. The van der Waals surface area contributed by atoms with Gasteiger partial charge in [-0.15, -0.1) is 12.6 Å². The predicted octanol–water partition coefficient (Wildman–Crippen LogP) is 2.93. The van der Waals surface area contributed by atoms with E-state index in [1.165, 1.54) is 0 Å². The molecule has 1 atom stereocenters. The highest BCUT2D eigenvalue weighted by molar-refractivity contribution is 7.96. The van der Waals surface area contributed by atoms with Crippen molar-refractivity contribution >= 4 is 34.5 Å². The zero-order valence-electron chi connectivity index (χ0n) is 10.2. The molecule has 0 aliphatic heterocycles. The van der Waals surface area contributed by atoms with Crippen LogP contribution in [0.5, 0.6) is 0 Å². The number of rotatable bonds is 5. The molecule has 0 radical (unpaired) electrons. The van der Waals surface area contributed by atoms with E-state index in [-0.39, 0.29) is 11.5 Å². The number of hydrogen-bond acceptors (Lipinski definition) is 2. The van der Waals surface area contributed by atoms with E-state index in [4.69, 9.17) is 5.11 Å². The van der Waals surface area contributed by atoms with Crippen LogP contribution in [0.2, 0.25) is 0 Å². The van der Waals surface area contributed by atoms with Gasteiger partial charge in [-0.25, -0.2) is 0 Å². The summed E-state index contributed by atoms with van der Waals surface area (Å²) >= 11 is 3.79. The Balaban J connectivity index is 2.33. The van der Waals surface area contributed by atoms with E-state index in [9.17, 15) is 9.59 Å². The van der Waals surface area contributed by atoms with Crippen LogP contribution in [0.1, 0.15) is 12.0 Å². The van der Waals surface area contributed by atoms with E-state index in [0.29, 0.717) is 6.42 Å². The minimum absolute atomic E-state index is 0.189. The van der Waals surface area contributed by atoms with E-state index in [1.54, 1.807) is 0 Å². The third-order valence-electron chi connectivity index (χ3n) is 3.12. The van der Waals surface area contributed by atoms with Gasteiger partial charge in [0.15, 0.2) is 5.12 Å². The van der Waals surface area contributed by atoms with E-state index in [1.807, 2.05) is 42.5 Å². The number of thiol groups is 1. The van der Waals surface area contributed by atoms with Crippen LogP contribution < -0.4 is 0 Å². The topological polar surface area (TPSA) is 54.4 Å². The van der Waals surface area contributed by atoms with Crippen LogP contribution in [0.4, 0.5) is 0 Å². The number of fused-ring (bicyclic) bond motifs is 1. The van der Waals surface area contributed by atoms with Crippen molar-refractivity contribution in [3.05, 3.63) is 48.0 Å². The molecular formula is C15H14O3S. The minimum atomic E-state index is -0.979. The van der Waals surface area contributed by atoms with Gasteiger partial charge in [0.05, 0.1) is 6.42 Å². The quantitative estimate of drug-likeness (QED) is 0.824. The lowest BCUT2D eigenvalue weighted by Crippen LogP contribution is -2.17. The molecule has 0 fully saturated rings. The van der Waals surface area contributed by atoms with Gasteiger partial charge in [-0.05, 0) is 22.8 Å². The van der Waals surface area contributed by atoms with Crippen LogP contribution in [0.25, 0.3) is 10.8 Å². The van der Waals surface area contributed by atoms with Gasteiger partial charge in [-0.3, -0.25) is 9.59 Å². The molecule has 1 N–H and O–H groups in total. The fraction of sp³-hybridized carbons (Fsp3) is 0.200. The predicted molar refractivity (Wildman–Crippen MR) is 77.4 cm³/mol. The highest BCUT2D eigenvalue weighted by Crippen LogP contribution is 2.23. The molecule has 0 amide bonds. The molecule has 0 saturated carbocycles. The highest BCUT2D eigenvalue weighted by Gasteiger charge is 2.20. The molecule has 2 aromatic rings. The number of carbonyl (C=O) groups excluding carboxylic acids is 1. The monoisotopic (exact) mass is 274 g/mol. The van der Waals surface area contributed by atoms with Gasteiger partial charge in [-0.2, -0.15) is 0 Å². The minimum Gasteiger partial charge on any atom is -0.481 e. The van der Waals surface area contributed by atoms with Gasteiger partial charge in [-0.1, -0.05) is 42.5 Å². The summed E-state index contributed by atoms with van der Waals surface area (Å²) in [6, 6.07) is 13.7. The van der Waals surface area contributed by atoms with E-state index < -0.39 is 11.9 Å². The number of aliphatic carboxylic acids is 1. The molecule has 2 aromatic carbocycles. The summed E-state index contributed by atoms with van der Waals surface area (Å²) in [6.45, 7) is 0. The molecule has 1 unspecified atom stereocenters. The Morgan fingerprint density at radius 3 is 2.47 bits per heavy atom. The molecule has 0 bridgehead atoms. The summed E-state index contributed by atoms with van der Waals surface area (Å²) < 4.78 is 0. The fourth-order valence-electron chi connectivity index (χ4n) is 2.19. The second-order valence-electron chi connectivity index (χ2n) is 4.48. The Labute approximate surface area is 116 Å². The standard InChI is InChI=1S/C15H14O3S/c16-14(17)9-12(15(18)19)8-11-6-3-5-10-4-1-2-7-13(10)11/h1-7,12H,8-9H2,(H,16,17)(H,18,19). The summed E-state index contributed by atoms with van der Waals surface area (Å²) in [7, 11) is 0. The zero-order chi connectivity index (χ0) is 13.8. The first-order valence-corrected chi connectivity index (χ1v) is 6.44. The Kier molecular flexibility index (Phi) is 4.22. The summed E-state index contributed by atoms with van der Waals surface area (Å²) in [4.78, 5) is 22.2. The van der Waals surface area contributed by atoms with E-state index in [0.717, 1.165) is 16.3 Å². The molecule has 0 aromatic heterocycles. The lowest BCUT2D eigenvalue weighted by Gasteiger charge is -2.12. The fourth-order valence-corrected chi connectivity index (χ4v) is 2.38. The molecule has 0 heterocycles. The number of carboxylic acid groups (broad SMARTS) is 1. The van der Waals surface area contributed by atoms with Crippen LogP contribution in [0.3, 0.4) is 0 Å². The average molecular weight is 274 g/mol. The number of benzene rings is 2. The molecule has 0 spiro atoms. The summed E-state index contributed by atoms with van der Waals surface area (Å²) in [5.41, 5.74) is 0.978. The first kappa shape index (κ1) is 13.6. The lowest BCUT2D eigenvalue weighted by molar-refractivity contribution is -0.139. The summed E-state index contributed by atoms with van der Waals surface area (Å²) in [5, 5.41) is 10.6. The van der Waals surface area contributed by atoms with Crippen LogP contribution >= 0.6 is 12.6 Å². The second-order valence-corrected chi connectivity index (χ2v) is 4.92. The maximum atomic E-state index is 11.4. The van der Waals surface area contributed by atoms with Gasteiger partial charge in [0.25, 0.3) is 0 Å². The first-order chi connectivity index (χ1) is 9.08. The second kappa shape index (κ2) is 5.89. The number of carboxylic acids is 1. The van der Waals surface area contributed by atoms with Crippen molar-refractivity contribution in [1.82, 2.24) is 0 Å². The van der Waals surface area contributed by atoms with Crippen molar-refractivity contribution < 1.29 is 14.7 Å².